The molecule has 3 aliphatic rings. The van der Waals surface area contributed by atoms with Crippen LogP contribution < -0.4 is 0 Å². The Kier molecular flexibility index (Phi) is 4.73. The van der Waals surface area contributed by atoms with Gasteiger partial charge in [-0.05, 0) is 58.8 Å². The molecule has 0 atom stereocenters. The molecular formula is C19H30N2O4. The molecule has 6 heteroatoms. The van der Waals surface area contributed by atoms with Crippen LogP contribution in [0.2, 0.25) is 0 Å². The van der Waals surface area contributed by atoms with Crippen molar-refractivity contribution < 1.29 is 19.1 Å². The largest absolute Gasteiger partial charge is 0.456 e. The predicted octanol–water partition coefficient (Wildman–Crippen LogP) is 2.93. The third-order valence-corrected chi connectivity index (χ3v) is 5.76. The lowest BCUT2D eigenvalue weighted by Crippen LogP contribution is -2.49. The molecule has 3 heterocycles. The fourth-order valence-electron chi connectivity index (χ4n) is 4.04. The van der Waals surface area contributed by atoms with Crippen molar-refractivity contribution in [1.29, 1.82) is 0 Å². The van der Waals surface area contributed by atoms with E-state index < -0.39 is 5.60 Å². The second-order valence-electron chi connectivity index (χ2n) is 8.60. The Morgan fingerprint density at radius 1 is 1.08 bits per heavy atom. The number of esters is 1. The molecule has 0 unspecified atom stereocenters. The van der Waals surface area contributed by atoms with Crippen LogP contribution in [0.3, 0.4) is 0 Å². The van der Waals surface area contributed by atoms with E-state index in [1.54, 1.807) is 0 Å². The van der Waals surface area contributed by atoms with Crippen molar-refractivity contribution in [3.8, 4) is 0 Å². The van der Waals surface area contributed by atoms with Crippen molar-refractivity contribution in [2.24, 2.45) is 5.41 Å². The van der Waals surface area contributed by atoms with Crippen LogP contribution >= 0.6 is 0 Å². The van der Waals surface area contributed by atoms with Crippen LogP contribution in [0.5, 0.6) is 0 Å². The zero-order chi connectivity index (χ0) is 18.2. The Labute approximate surface area is 150 Å². The van der Waals surface area contributed by atoms with Crippen LogP contribution in [-0.4, -0.2) is 60.2 Å². The van der Waals surface area contributed by atoms with Crippen molar-refractivity contribution >= 4 is 12.1 Å². The van der Waals surface area contributed by atoms with Gasteiger partial charge in [-0.15, -0.1) is 0 Å². The molecule has 25 heavy (non-hydrogen) atoms. The predicted molar refractivity (Wildman–Crippen MR) is 93.9 cm³/mol. The summed E-state index contributed by atoms with van der Waals surface area (Å²) in [4.78, 5) is 27.9. The summed E-state index contributed by atoms with van der Waals surface area (Å²) in [5.74, 6) is -0.180. The first-order chi connectivity index (χ1) is 11.7. The molecule has 0 aromatic heterocycles. The first-order valence-corrected chi connectivity index (χ1v) is 9.29. The van der Waals surface area contributed by atoms with E-state index in [1.165, 1.54) is 0 Å². The van der Waals surface area contributed by atoms with E-state index in [-0.39, 0.29) is 12.1 Å². The Morgan fingerprint density at radius 3 is 2.12 bits per heavy atom. The molecule has 0 aromatic carbocycles. The minimum absolute atomic E-state index is 0.180. The van der Waals surface area contributed by atoms with Crippen LogP contribution in [-0.2, 0) is 14.3 Å². The van der Waals surface area contributed by atoms with Gasteiger partial charge in [0.05, 0.1) is 11.3 Å². The Hall–Kier alpha value is -1.72. The Bertz CT molecular complexity index is 573. The fraction of sp³-hybridized carbons (Fsp3) is 0.789. The smallest absolute Gasteiger partial charge is 0.410 e. The average Bonchev–Trinajstić information content (AvgIpc) is 2.87. The normalized spacial score (nSPS) is 23.9. The third-order valence-electron chi connectivity index (χ3n) is 5.76. The summed E-state index contributed by atoms with van der Waals surface area (Å²) in [7, 11) is 0. The molecule has 0 radical (unpaired) electrons. The van der Waals surface area contributed by atoms with Gasteiger partial charge in [-0.25, -0.2) is 9.59 Å². The van der Waals surface area contributed by atoms with Gasteiger partial charge in [0.1, 0.15) is 12.2 Å². The number of carbonyl (C=O) groups excluding carboxylic acids is 2. The van der Waals surface area contributed by atoms with Crippen molar-refractivity contribution in [2.75, 3.05) is 32.8 Å². The van der Waals surface area contributed by atoms with E-state index in [1.807, 2.05) is 32.6 Å². The van der Waals surface area contributed by atoms with Gasteiger partial charge in [-0.1, -0.05) is 0 Å². The SMILES string of the molecule is CC1=C(N2CCC3(CCN(C(=O)OC(C)(C)C)CC3)CC2)COC1=O. The summed E-state index contributed by atoms with van der Waals surface area (Å²) in [6.07, 6.45) is 4.10. The maximum absolute atomic E-state index is 12.2. The number of carbonyl (C=O) groups is 2. The van der Waals surface area contributed by atoms with Gasteiger partial charge in [0.2, 0.25) is 0 Å². The van der Waals surface area contributed by atoms with Gasteiger partial charge in [-0.3, -0.25) is 0 Å². The summed E-state index contributed by atoms with van der Waals surface area (Å²) >= 11 is 0. The number of nitrogens with zero attached hydrogens (tertiary/aromatic N) is 2. The minimum atomic E-state index is -0.441. The number of piperidine rings is 2. The van der Waals surface area contributed by atoms with Crippen LogP contribution in [0, 0.1) is 5.41 Å². The summed E-state index contributed by atoms with van der Waals surface area (Å²) in [5, 5.41) is 0. The number of amides is 1. The van der Waals surface area contributed by atoms with Gasteiger partial charge < -0.3 is 19.3 Å². The molecule has 3 aliphatic heterocycles. The van der Waals surface area contributed by atoms with Gasteiger partial charge in [-0.2, -0.15) is 0 Å². The van der Waals surface area contributed by atoms with E-state index in [0.29, 0.717) is 12.0 Å². The Balaban J connectivity index is 1.52. The molecule has 140 valence electrons. The number of likely N-dealkylation sites (tertiary alicyclic amines) is 2. The summed E-state index contributed by atoms with van der Waals surface area (Å²) in [5.41, 5.74) is 1.71. The summed E-state index contributed by atoms with van der Waals surface area (Å²) in [6.45, 7) is 11.5. The number of hydrogen-bond donors (Lipinski definition) is 0. The van der Waals surface area contributed by atoms with E-state index in [0.717, 1.165) is 63.1 Å². The highest BCUT2D eigenvalue weighted by atomic mass is 16.6. The van der Waals surface area contributed by atoms with E-state index >= 15 is 0 Å². The lowest BCUT2D eigenvalue weighted by atomic mass is 9.71. The number of hydrogen-bond acceptors (Lipinski definition) is 5. The van der Waals surface area contributed by atoms with Crippen molar-refractivity contribution in [3.05, 3.63) is 11.3 Å². The van der Waals surface area contributed by atoms with E-state index in [2.05, 4.69) is 4.90 Å². The van der Waals surface area contributed by atoms with Gasteiger partial charge >= 0.3 is 12.1 Å². The van der Waals surface area contributed by atoms with Gasteiger partial charge in [0.25, 0.3) is 0 Å². The zero-order valence-electron chi connectivity index (χ0n) is 15.9. The molecule has 0 aromatic rings. The lowest BCUT2D eigenvalue weighted by Gasteiger charge is -2.47. The number of rotatable bonds is 1. The molecule has 2 fully saturated rings. The first-order valence-electron chi connectivity index (χ1n) is 9.29. The topological polar surface area (TPSA) is 59.1 Å². The molecule has 0 bridgehead atoms. The molecule has 6 nitrogen and oxygen atoms in total. The monoisotopic (exact) mass is 350 g/mol. The highest BCUT2D eigenvalue weighted by Crippen LogP contribution is 2.42. The average molecular weight is 350 g/mol. The van der Waals surface area contributed by atoms with Crippen molar-refractivity contribution in [2.45, 2.75) is 59.0 Å². The van der Waals surface area contributed by atoms with Crippen molar-refractivity contribution in [3.63, 3.8) is 0 Å². The van der Waals surface area contributed by atoms with Crippen LogP contribution in [0.25, 0.3) is 0 Å². The molecule has 2 saturated heterocycles. The second-order valence-corrected chi connectivity index (χ2v) is 8.60. The highest BCUT2D eigenvalue weighted by molar-refractivity contribution is 5.90. The summed E-state index contributed by atoms with van der Waals surface area (Å²) in [6, 6.07) is 0. The number of ether oxygens (including phenoxy) is 2. The molecule has 1 amide bonds. The molecule has 0 saturated carbocycles. The Morgan fingerprint density at radius 2 is 1.64 bits per heavy atom. The number of cyclic esters (lactones) is 1. The maximum atomic E-state index is 12.2. The maximum Gasteiger partial charge on any atom is 0.410 e. The zero-order valence-corrected chi connectivity index (χ0v) is 15.9. The fourth-order valence-corrected chi connectivity index (χ4v) is 4.04. The molecule has 1 spiro atoms. The lowest BCUT2D eigenvalue weighted by molar-refractivity contribution is -0.136. The van der Waals surface area contributed by atoms with Crippen LogP contribution in [0.1, 0.15) is 53.4 Å². The standard InChI is InChI=1S/C19H30N2O4/c1-14-15(13-24-16(14)22)20-9-5-19(6-10-20)7-11-21(12-8-19)17(23)25-18(2,3)4/h5-13H2,1-4H3. The molecule has 3 rings (SSSR count). The third kappa shape index (κ3) is 3.93. The summed E-state index contributed by atoms with van der Waals surface area (Å²) < 4.78 is 10.6. The highest BCUT2D eigenvalue weighted by Gasteiger charge is 2.40. The first kappa shape index (κ1) is 18.1. The second kappa shape index (κ2) is 6.54. The minimum Gasteiger partial charge on any atom is -0.456 e. The molecular weight excluding hydrogens is 320 g/mol. The van der Waals surface area contributed by atoms with E-state index in [4.69, 9.17) is 9.47 Å². The quantitative estimate of drug-likeness (QED) is 0.681. The van der Waals surface area contributed by atoms with E-state index in [9.17, 15) is 9.59 Å². The molecule has 0 N–H and O–H groups in total. The van der Waals surface area contributed by atoms with Gasteiger partial charge in [0, 0.05) is 26.2 Å². The molecule has 0 aliphatic carbocycles. The van der Waals surface area contributed by atoms with Gasteiger partial charge in [0.15, 0.2) is 0 Å². The van der Waals surface area contributed by atoms with Crippen LogP contribution in [0.4, 0.5) is 4.79 Å². The van der Waals surface area contributed by atoms with Crippen LogP contribution in [0.15, 0.2) is 11.3 Å². The van der Waals surface area contributed by atoms with Crippen molar-refractivity contribution in [1.82, 2.24) is 9.80 Å².